The van der Waals surface area contributed by atoms with Gasteiger partial charge in [0, 0.05) is 19.1 Å². The minimum Gasteiger partial charge on any atom is -0.453 e. The fourth-order valence-electron chi connectivity index (χ4n) is 1.59. The summed E-state index contributed by atoms with van der Waals surface area (Å²) < 4.78 is 26.7. The van der Waals surface area contributed by atoms with E-state index in [-0.39, 0.29) is 10.9 Å². The van der Waals surface area contributed by atoms with Gasteiger partial charge in [-0.05, 0) is 24.6 Å². The van der Waals surface area contributed by atoms with Gasteiger partial charge in [-0.25, -0.2) is 18.4 Å². The first-order chi connectivity index (χ1) is 10.8. The van der Waals surface area contributed by atoms with Crippen molar-refractivity contribution in [3.8, 4) is 0 Å². The number of sulfonamides is 1. The van der Waals surface area contributed by atoms with E-state index in [1.165, 1.54) is 25.7 Å². The summed E-state index contributed by atoms with van der Waals surface area (Å²) in [7, 11) is -2.36. The third-order valence-corrected chi connectivity index (χ3v) is 3.67. The number of ether oxygens (including phenoxy) is 1. The number of hydrogen-bond donors (Lipinski definition) is 3. The van der Waals surface area contributed by atoms with Gasteiger partial charge < -0.3 is 15.4 Å². The lowest BCUT2D eigenvalue weighted by molar-refractivity contribution is 0.171. The van der Waals surface area contributed by atoms with Gasteiger partial charge >= 0.3 is 6.09 Å². The normalized spacial score (nSPS) is 11.9. The first-order valence-corrected chi connectivity index (χ1v) is 8.98. The molecule has 7 nitrogen and oxygen atoms in total. The topological polar surface area (TPSA) is 111 Å². The van der Waals surface area contributed by atoms with E-state index in [1.807, 2.05) is 6.92 Å². The van der Waals surface area contributed by atoms with Crippen LogP contribution in [0.2, 0.25) is 0 Å². The van der Waals surface area contributed by atoms with Crippen LogP contribution < -0.4 is 15.8 Å². The zero-order valence-electron chi connectivity index (χ0n) is 14.1. The lowest BCUT2D eigenvalue weighted by Crippen LogP contribution is -2.32. The fourth-order valence-corrected chi connectivity index (χ4v) is 2.10. The molecule has 1 rings (SSSR count). The summed E-state index contributed by atoms with van der Waals surface area (Å²) in [6.45, 7) is 7.18. The highest BCUT2D eigenvalue weighted by molar-refractivity contribution is 7.89. The average molecular weight is 345 g/mol. The minimum absolute atomic E-state index is 0.0176. The van der Waals surface area contributed by atoms with Gasteiger partial charge in [0.25, 0.3) is 0 Å². The predicted molar refractivity (Wildman–Crippen MR) is 90.6 cm³/mol. The Morgan fingerprint density at radius 2 is 1.74 bits per heavy atom. The highest BCUT2D eigenvalue weighted by atomic mass is 32.2. The number of primary sulfonamides is 1. The van der Waals surface area contributed by atoms with Crippen LogP contribution in [0.15, 0.2) is 29.2 Å². The van der Waals surface area contributed by atoms with E-state index >= 15 is 0 Å². The Labute approximate surface area is 138 Å². The molecule has 0 saturated carbocycles. The lowest BCUT2D eigenvalue weighted by Gasteiger charge is -2.14. The number of alkyl carbamates (subject to hydrolysis) is 1. The largest absolute Gasteiger partial charge is 0.453 e. The van der Waals surface area contributed by atoms with E-state index in [0.29, 0.717) is 13.1 Å². The maximum atomic E-state index is 11.1. The fraction of sp³-hybridized carbons (Fsp3) is 0.533. The standard InChI is InChI=1S/C12H19N3O4S.C3H8/c1-9(14-7-8-15-12(16)19-2)10-3-5-11(6-4-10)20(13,17)18;1-3-2/h3-6,9,14H,7-8H2,1-2H3,(H,15,16)(H2,13,17,18);3H2,1-2H3. The number of nitrogens with one attached hydrogen (secondary N) is 2. The number of benzene rings is 1. The van der Waals surface area contributed by atoms with Gasteiger partial charge in [0.2, 0.25) is 10.0 Å². The Morgan fingerprint density at radius 1 is 1.22 bits per heavy atom. The molecule has 0 fully saturated rings. The Morgan fingerprint density at radius 3 is 2.17 bits per heavy atom. The zero-order valence-corrected chi connectivity index (χ0v) is 14.9. The van der Waals surface area contributed by atoms with Crippen LogP contribution in [0.3, 0.4) is 0 Å². The summed E-state index contributed by atoms with van der Waals surface area (Å²) in [5, 5.41) is 10.8. The maximum Gasteiger partial charge on any atom is 0.406 e. The van der Waals surface area contributed by atoms with Crippen LogP contribution in [0.5, 0.6) is 0 Å². The SMILES string of the molecule is CCC.COC(=O)NCCNC(C)c1ccc(S(N)(=O)=O)cc1. The number of rotatable bonds is 6. The van der Waals surface area contributed by atoms with Gasteiger partial charge in [0.15, 0.2) is 0 Å². The van der Waals surface area contributed by atoms with Crippen LogP contribution >= 0.6 is 0 Å². The van der Waals surface area contributed by atoms with Crippen LogP contribution in [0.25, 0.3) is 0 Å². The van der Waals surface area contributed by atoms with Crippen molar-refractivity contribution >= 4 is 16.1 Å². The Kier molecular flexibility index (Phi) is 10.2. The number of amides is 1. The van der Waals surface area contributed by atoms with E-state index in [2.05, 4.69) is 29.2 Å². The number of hydrogen-bond acceptors (Lipinski definition) is 5. The first-order valence-electron chi connectivity index (χ1n) is 7.44. The number of carbonyl (C=O) groups is 1. The van der Waals surface area contributed by atoms with Crippen molar-refractivity contribution in [1.29, 1.82) is 0 Å². The maximum absolute atomic E-state index is 11.1. The molecule has 4 N–H and O–H groups in total. The molecule has 0 saturated heterocycles. The molecule has 1 aromatic rings. The summed E-state index contributed by atoms with van der Waals surface area (Å²) in [4.78, 5) is 10.9. The molecule has 1 atom stereocenters. The van der Waals surface area contributed by atoms with Gasteiger partial charge in [0.1, 0.15) is 0 Å². The molecule has 8 heteroatoms. The Hall–Kier alpha value is -1.64. The van der Waals surface area contributed by atoms with Crippen LogP contribution in [-0.2, 0) is 14.8 Å². The highest BCUT2D eigenvalue weighted by Crippen LogP contribution is 2.15. The molecule has 132 valence electrons. The molecule has 0 aliphatic heterocycles. The highest BCUT2D eigenvalue weighted by Gasteiger charge is 2.09. The number of methoxy groups -OCH3 is 1. The predicted octanol–water partition coefficient (Wildman–Crippen LogP) is 1.76. The molecule has 0 aromatic heterocycles. The van der Waals surface area contributed by atoms with E-state index in [4.69, 9.17) is 5.14 Å². The van der Waals surface area contributed by atoms with Crippen LogP contribution in [0, 0.1) is 0 Å². The molecule has 0 heterocycles. The third-order valence-electron chi connectivity index (χ3n) is 2.74. The third kappa shape index (κ3) is 9.17. The molecule has 0 bridgehead atoms. The van der Waals surface area contributed by atoms with E-state index in [9.17, 15) is 13.2 Å². The molecule has 0 radical (unpaired) electrons. The molecule has 0 aliphatic rings. The van der Waals surface area contributed by atoms with Crippen molar-refractivity contribution in [3.63, 3.8) is 0 Å². The molecule has 1 amide bonds. The monoisotopic (exact) mass is 345 g/mol. The second kappa shape index (κ2) is 11.0. The molecular formula is C15H27N3O4S. The first kappa shape index (κ1) is 21.4. The molecular weight excluding hydrogens is 318 g/mol. The zero-order chi connectivity index (χ0) is 17.9. The van der Waals surface area contributed by atoms with Crippen molar-refractivity contribution in [2.75, 3.05) is 20.2 Å². The van der Waals surface area contributed by atoms with Crippen LogP contribution in [-0.4, -0.2) is 34.7 Å². The minimum atomic E-state index is -3.66. The summed E-state index contributed by atoms with van der Waals surface area (Å²) in [6.07, 6.45) is 0.775. The van der Waals surface area contributed by atoms with Crippen LogP contribution in [0.4, 0.5) is 4.79 Å². The van der Waals surface area contributed by atoms with Crippen molar-refractivity contribution in [1.82, 2.24) is 10.6 Å². The van der Waals surface area contributed by atoms with Gasteiger partial charge in [-0.15, -0.1) is 0 Å². The molecule has 1 unspecified atom stereocenters. The van der Waals surface area contributed by atoms with E-state index < -0.39 is 16.1 Å². The smallest absolute Gasteiger partial charge is 0.406 e. The molecule has 23 heavy (non-hydrogen) atoms. The summed E-state index contributed by atoms with van der Waals surface area (Å²) >= 11 is 0. The number of nitrogens with two attached hydrogens (primary N) is 1. The average Bonchev–Trinajstić information content (AvgIpc) is 2.51. The van der Waals surface area contributed by atoms with Crippen molar-refractivity contribution in [3.05, 3.63) is 29.8 Å². The quantitative estimate of drug-likeness (QED) is 0.680. The van der Waals surface area contributed by atoms with Crippen molar-refractivity contribution < 1.29 is 17.9 Å². The van der Waals surface area contributed by atoms with Gasteiger partial charge in [0.05, 0.1) is 12.0 Å². The molecule has 0 spiro atoms. The van der Waals surface area contributed by atoms with Crippen molar-refractivity contribution in [2.24, 2.45) is 5.14 Å². The van der Waals surface area contributed by atoms with Gasteiger partial charge in [-0.1, -0.05) is 32.4 Å². The van der Waals surface area contributed by atoms with E-state index in [1.54, 1.807) is 12.1 Å². The summed E-state index contributed by atoms with van der Waals surface area (Å²) in [6, 6.07) is 6.35. The molecule has 1 aromatic carbocycles. The van der Waals surface area contributed by atoms with Crippen LogP contribution in [0.1, 0.15) is 38.8 Å². The summed E-state index contributed by atoms with van der Waals surface area (Å²) in [5.74, 6) is 0. The Bertz CT molecular complexity index is 559. The van der Waals surface area contributed by atoms with E-state index in [0.717, 1.165) is 5.56 Å². The second-order valence-electron chi connectivity index (χ2n) is 4.92. The van der Waals surface area contributed by atoms with Gasteiger partial charge in [-0.3, -0.25) is 0 Å². The summed E-state index contributed by atoms with van der Waals surface area (Å²) in [5.41, 5.74) is 0.926. The lowest BCUT2D eigenvalue weighted by atomic mass is 10.1. The molecule has 0 aliphatic carbocycles. The second-order valence-corrected chi connectivity index (χ2v) is 6.48. The number of carbonyl (C=O) groups excluding carboxylic acids is 1. The van der Waals surface area contributed by atoms with Gasteiger partial charge in [-0.2, -0.15) is 0 Å². The Balaban J connectivity index is 0.00000149. The van der Waals surface area contributed by atoms with Crippen molar-refractivity contribution in [2.45, 2.75) is 38.1 Å².